The lowest BCUT2D eigenvalue weighted by atomic mass is 10.4. The lowest BCUT2D eigenvalue weighted by Crippen LogP contribution is -2.37. The van der Waals surface area contributed by atoms with Crippen molar-refractivity contribution in [3.8, 4) is 0 Å². The van der Waals surface area contributed by atoms with Crippen LogP contribution < -0.4 is 4.90 Å². The molecule has 0 bridgehead atoms. The number of aryl methyl sites for hydroxylation is 1. The molecule has 0 amide bonds. The number of aromatic nitrogens is 4. The van der Waals surface area contributed by atoms with Crippen LogP contribution >= 0.6 is 23.2 Å². The minimum absolute atomic E-state index is 0.220. The van der Waals surface area contributed by atoms with Crippen molar-refractivity contribution in [1.82, 2.24) is 19.5 Å². The molecule has 0 aromatic carbocycles. The van der Waals surface area contributed by atoms with E-state index in [0.717, 1.165) is 30.2 Å². The molecule has 1 fully saturated rings. The molecule has 1 saturated heterocycles. The molecule has 6 nitrogen and oxygen atoms in total. The number of imidazole rings is 1. The van der Waals surface area contributed by atoms with E-state index in [1.165, 1.54) is 0 Å². The van der Waals surface area contributed by atoms with Crippen molar-refractivity contribution < 1.29 is 4.74 Å². The van der Waals surface area contributed by atoms with Crippen LogP contribution in [0.1, 0.15) is 5.82 Å². The third-order valence-electron chi connectivity index (χ3n) is 3.20. The van der Waals surface area contributed by atoms with E-state index in [-0.39, 0.29) is 5.28 Å². The zero-order valence-corrected chi connectivity index (χ0v) is 11.9. The summed E-state index contributed by atoms with van der Waals surface area (Å²) in [6.45, 7) is 2.90. The monoisotopic (exact) mass is 301 g/mol. The first-order chi connectivity index (χ1) is 9.20. The molecule has 19 heavy (non-hydrogen) atoms. The van der Waals surface area contributed by atoms with Gasteiger partial charge in [0.25, 0.3) is 0 Å². The normalized spacial score (nSPS) is 16.3. The summed E-state index contributed by atoms with van der Waals surface area (Å²) < 4.78 is 7.20. The summed E-state index contributed by atoms with van der Waals surface area (Å²) in [6.07, 6.45) is 0. The molecule has 102 valence electrons. The smallest absolute Gasteiger partial charge is 0.226 e. The fraction of sp³-hybridized carbons (Fsp3) is 0.545. The second kappa shape index (κ2) is 5.11. The molecule has 2 aromatic rings. The summed E-state index contributed by atoms with van der Waals surface area (Å²) in [6, 6.07) is 0. The topological polar surface area (TPSA) is 56.1 Å². The largest absolute Gasteiger partial charge is 0.378 e. The van der Waals surface area contributed by atoms with Gasteiger partial charge in [0.1, 0.15) is 5.82 Å². The van der Waals surface area contributed by atoms with Gasteiger partial charge in [0.05, 0.1) is 19.1 Å². The van der Waals surface area contributed by atoms with Gasteiger partial charge in [-0.05, 0) is 11.6 Å². The molecule has 3 rings (SSSR count). The molecule has 2 aromatic heterocycles. The molecular weight excluding hydrogens is 289 g/mol. The fourth-order valence-electron chi connectivity index (χ4n) is 2.18. The first kappa shape index (κ1) is 12.9. The summed E-state index contributed by atoms with van der Waals surface area (Å²) in [7, 11) is 1.87. The first-order valence-corrected chi connectivity index (χ1v) is 6.89. The number of alkyl halides is 1. The summed E-state index contributed by atoms with van der Waals surface area (Å²) >= 11 is 11.9. The minimum atomic E-state index is 0.220. The molecule has 0 atom stereocenters. The number of ether oxygens (including phenoxy) is 1. The highest BCUT2D eigenvalue weighted by Gasteiger charge is 2.21. The molecule has 3 heterocycles. The van der Waals surface area contributed by atoms with E-state index in [1.54, 1.807) is 0 Å². The van der Waals surface area contributed by atoms with Crippen molar-refractivity contribution in [1.29, 1.82) is 0 Å². The Balaban J connectivity index is 2.17. The maximum absolute atomic E-state index is 6.01. The Morgan fingerprint density at radius 3 is 2.63 bits per heavy atom. The van der Waals surface area contributed by atoms with Crippen LogP contribution in [0.5, 0.6) is 0 Å². The predicted octanol–water partition coefficient (Wildman–Crippen LogP) is 1.59. The molecule has 1 aliphatic heterocycles. The minimum Gasteiger partial charge on any atom is -0.378 e. The van der Waals surface area contributed by atoms with Gasteiger partial charge in [-0.2, -0.15) is 9.97 Å². The van der Waals surface area contributed by atoms with Crippen LogP contribution in [0.4, 0.5) is 5.82 Å². The van der Waals surface area contributed by atoms with Gasteiger partial charge in [-0.25, -0.2) is 4.98 Å². The van der Waals surface area contributed by atoms with E-state index in [2.05, 4.69) is 19.9 Å². The number of hydrogen-bond acceptors (Lipinski definition) is 5. The standard InChI is InChI=1S/C11H13Cl2N5O/c1-17-7(6-12)14-8-9(17)15-11(13)16-10(8)18-2-4-19-5-3-18/h2-6H2,1H3. The average molecular weight is 302 g/mol. The maximum atomic E-state index is 6.01. The van der Waals surface area contributed by atoms with E-state index >= 15 is 0 Å². The summed E-state index contributed by atoms with van der Waals surface area (Å²) in [5, 5.41) is 0.220. The molecule has 1 aliphatic rings. The number of halogens is 2. The van der Waals surface area contributed by atoms with Gasteiger partial charge in [0.15, 0.2) is 17.0 Å². The fourth-order valence-corrected chi connectivity index (χ4v) is 2.58. The van der Waals surface area contributed by atoms with E-state index in [9.17, 15) is 0 Å². The van der Waals surface area contributed by atoms with Crippen LogP contribution in [-0.4, -0.2) is 45.8 Å². The number of morpholine rings is 1. The Morgan fingerprint density at radius 2 is 1.95 bits per heavy atom. The molecule has 0 aliphatic carbocycles. The third-order valence-corrected chi connectivity index (χ3v) is 3.60. The molecule has 0 radical (unpaired) electrons. The van der Waals surface area contributed by atoms with Gasteiger partial charge < -0.3 is 14.2 Å². The number of rotatable bonds is 2. The van der Waals surface area contributed by atoms with Gasteiger partial charge >= 0.3 is 0 Å². The predicted molar refractivity (Wildman–Crippen MR) is 73.9 cm³/mol. The van der Waals surface area contributed by atoms with E-state index in [0.29, 0.717) is 24.7 Å². The van der Waals surface area contributed by atoms with Crippen LogP contribution in [0.3, 0.4) is 0 Å². The Kier molecular flexibility index (Phi) is 3.47. The summed E-state index contributed by atoms with van der Waals surface area (Å²) in [4.78, 5) is 15.2. The van der Waals surface area contributed by atoms with Crippen LogP contribution in [-0.2, 0) is 17.7 Å². The van der Waals surface area contributed by atoms with Gasteiger partial charge in [-0.15, -0.1) is 11.6 Å². The van der Waals surface area contributed by atoms with Gasteiger partial charge in [0, 0.05) is 20.1 Å². The Hall–Kier alpha value is -1.11. The second-order valence-corrected chi connectivity index (χ2v) is 4.91. The highest BCUT2D eigenvalue weighted by molar-refractivity contribution is 6.28. The van der Waals surface area contributed by atoms with Crippen molar-refractivity contribution in [2.45, 2.75) is 5.88 Å². The Labute approximate surface area is 120 Å². The van der Waals surface area contributed by atoms with Crippen LogP contribution in [0.2, 0.25) is 5.28 Å². The molecule has 0 spiro atoms. The molecule has 8 heteroatoms. The molecule has 0 unspecified atom stereocenters. The van der Waals surface area contributed by atoms with E-state index < -0.39 is 0 Å². The van der Waals surface area contributed by atoms with Gasteiger partial charge in [0.2, 0.25) is 5.28 Å². The maximum Gasteiger partial charge on any atom is 0.226 e. The van der Waals surface area contributed by atoms with Gasteiger partial charge in [-0.1, -0.05) is 0 Å². The lowest BCUT2D eigenvalue weighted by molar-refractivity contribution is 0.122. The van der Waals surface area contributed by atoms with Crippen molar-refractivity contribution in [2.75, 3.05) is 31.2 Å². The first-order valence-electron chi connectivity index (χ1n) is 5.98. The number of anilines is 1. The number of nitrogens with zero attached hydrogens (tertiary/aromatic N) is 5. The lowest BCUT2D eigenvalue weighted by Gasteiger charge is -2.27. The zero-order chi connectivity index (χ0) is 13.4. The number of fused-ring (bicyclic) bond motifs is 1. The highest BCUT2D eigenvalue weighted by atomic mass is 35.5. The Bertz CT molecular complexity index is 609. The highest BCUT2D eigenvalue weighted by Crippen LogP contribution is 2.26. The Morgan fingerprint density at radius 1 is 1.21 bits per heavy atom. The quantitative estimate of drug-likeness (QED) is 0.623. The summed E-state index contributed by atoms with van der Waals surface area (Å²) in [5.74, 6) is 1.83. The number of hydrogen-bond donors (Lipinski definition) is 0. The molecule has 0 saturated carbocycles. The van der Waals surface area contributed by atoms with E-state index in [1.807, 2.05) is 11.6 Å². The van der Waals surface area contributed by atoms with Crippen LogP contribution in [0.25, 0.3) is 11.2 Å². The van der Waals surface area contributed by atoms with Crippen molar-refractivity contribution in [2.24, 2.45) is 7.05 Å². The average Bonchev–Trinajstić information content (AvgIpc) is 2.76. The third kappa shape index (κ3) is 2.24. The molecular formula is C11H13Cl2N5O. The zero-order valence-electron chi connectivity index (χ0n) is 10.4. The van der Waals surface area contributed by atoms with Gasteiger partial charge in [-0.3, -0.25) is 0 Å². The molecule has 0 N–H and O–H groups in total. The van der Waals surface area contributed by atoms with Crippen molar-refractivity contribution >= 4 is 40.2 Å². The second-order valence-electron chi connectivity index (χ2n) is 4.31. The van der Waals surface area contributed by atoms with Crippen molar-refractivity contribution in [3.05, 3.63) is 11.1 Å². The summed E-state index contributed by atoms with van der Waals surface area (Å²) in [5.41, 5.74) is 1.45. The van der Waals surface area contributed by atoms with Crippen molar-refractivity contribution in [3.63, 3.8) is 0 Å². The SMILES string of the molecule is Cn1c(CCl)nc2c(N3CCOCC3)nc(Cl)nc21. The van der Waals surface area contributed by atoms with Crippen LogP contribution in [0.15, 0.2) is 0 Å². The van der Waals surface area contributed by atoms with E-state index in [4.69, 9.17) is 27.9 Å². The van der Waals surface area contributed by atoms with Crippen LogP contribution in [0, 0.1) is 0 Å².